The Hall–Kier alpha value is -2.70. The van der Waals surface area contributed by atoms with Crippen molar-refractivity contribution in [2.24, 2.45) is 0 Å². The Morgan fingerprint density at radius 1 is 1.29 bits per heavy atom. The lowest BCUT2D eigenvalue weighted by molar-refractivity contribution is 0.0722. The van der Waals surface area contributed by atoms with Crippen LogP contribution >= 0.6 is 11.6 Å². The summed E-state index contributed by atoms with van der Waals surface area (Å²) in [6.07, 6.45) is 0.0721. The van der Waals surface area contributed by atoms with Gasteiger partial charge >= 0.3 is 0 Å². The average molecular weight is 401 g/mol. The van der Waals surface area contributed by atoms with Gasteiger partial charge in [0.2, 0.25) is 5.89 Å². The molecule has 5 nitrogen and oxygen atoms in total. The van der Waals surface area contributed by atoms with E-state index in [2.05, 4.69) is 4.98 Å². The summed E-state index contributed by atoms with van der Waals surface area (Å²) in [5.74, 6) is 0.164. The van der Waals surface area contributed by atoms with Gasteiger partial charge in [-0.25, -0.2) is 9.37 Å². The smallest absolute Gasteiger partial charge is 0.257 e. The molecular formula is C21H18ClFN2O3. The van der Waals surface area contributed by atoms with E-state index >= 15 is 0 Å². The van der Waals surface area contributed by atoms with Gasteiger partial charge in [0.05, 0.1) is 12.1 Å². The molecule has 0 bridgehead atoms. The molecule has 144 valence electrons. The van der Waals surface area contributed by atoms with Gasteiger partial charge in [0.15, 0.2) is 6.10 Å². The van der Waals surface area contributed by atoms with Crippen molar-refractivity contribution < 1.29 is 18.3 Å². The van der Waals surface area contributed by atoms with E-state index < -0.39 is 17.8 Å². The molecule has 0 N–H and O–H groups in total. The number of nitrogens with zero attached hydrogens (tertiary/aromatic N) is 2. The maximum absolute atomic E-state index is 14.1. The predicted octanol–water partition coefficient (Wildman–Crippen LogP) is 4.40. The monoisotopic (exact) mass is 400 g/mol. The molecule has 1 aliphatic heterocycles. The molecule has 3 aromatic rings. The summed E-state index contributed by atoms with van der Waals surface area (Å²) in [5, 5.41) is 0.317. The Kier molecular flexibility index (Phi) is 5.15. The van der Waals surface area contributed by atoms with Gasteiger partial charge in [-0.1, -0.05) is 41.9 Å². The minimum atomic E-state index is -0.593. The summed E-state index contributed by atoms with van der Waals surface area (Å²) in [7, 11) is 1.60. The summed E-state index contributed by atoms with van der Waals surface area (Å²) in [6.45, 7) is 0.657. The number of rotatable bonds is 4. The van der Waals surface area contributed by atoms with E-state index in [1.54, 1.807) is 12.0 Å². The zero-order valence-electron chi connectivity index (χ0n) is 15.2. The van der Waals surface area contributed by atoms with Crippen molar-refractivity contribution in [3.63, 3.8) is 0 Å². The minimum absolute atomic E-state index is 0.0429. The zero-order chi connectivity index (χ0) is 19.7. The Bertz CT molecular complexity index is 1010. The number of oxazole rings is 1. The van der Waals surface area contributed by atoms with E-state index in [-0.39, 0.29) is 12.1 Å². The maximum atomic E-state index is 14.1. The molecule has 4 rings (SSSR count). The molecule has 28 heavy (non-hydrogen) atoms. The average Bonchev–Trinajstić information content (AvgIpc) is 3.13. The van der Waals surface area contributed by atoms with Crippen molar-refractivity contribution in [1.29, 1.82) is 0 Å². The summed E-state index contributed by atoms with van der Waals surface area (Å²) < 4.78 is 25.6. The lowest BCUT2D eigenvalue weighted by Crippen LogP contribution is -2.36. The fourth-order valence-electron chi connectivity index (χ4n) is 3.34. The SMILES string of the molecule is COC(c1ccccc1)c1nc2c(o1)CCN(C(=O)c1cc(Cl)ccc1F)C2. The molecule has 1 atom stereocenters. The highest BCUT2D eigenvalue weighted by atomic mass is 35.5. The predicted molar refractivity (Wildman–Crippen MR) is 102 cm³/mol. The lowest BCUT2D eigenvalue weighted by Gasteiger charge is -2.25. The first-order valence-electron chi connectivity index (χ1n) is 8.87. The Morgan fingerprint density at radius 2 is 2.07 bits per heavy atom. The number of hydrogen-bond donors (Lipinski definition) is 0. The van der Waals surface area contributed by atoms with Gasteiger partial charge < -0.3 is 14.1 Å². The van der Waals surface area contributed by atoms with E-state index in [0.29, 0.717) is 29.6 Å². The van der Waals surface area contributed by atoms with Crippen LogP contribution in [-0.2, 0) is 17.7 Å². The van der Waals surface area contributed by atoms with Crippen molar-refractivity contribution in [2.75, 3.05) is 13.7 Å². The van der Waals surface area contributed by atoms with Crippen molar-refractivity contribution in [1.82, 2.24) is 9.88 Å². The summed E-state index contributed by atoms with van der Waals surface area (Å²) >= 11 is 5.91. The van der Waals surface area contributed by atoms with Crippen LogP contribution in [0.15, 0.2) is 52.9 Å². The van der Waals surface area contributed by atoms with Crippen LogP contribution in [0.3, 0.4) is 0 Å². The highest BCUT2D eigenvalue weighted by molar-refractivity contribution is 6.31. The minimum Gasteiger partial charge on any atom is -0.442 e. The molecule has 2 heterocycles. The zero-order valence-corrected chi connectivity index (χ0v) is 15.9. The van der Waals surface area contributed by atoms with Gasteiger partial charge in [-0.05, 0) is 23.8 Å². The summed E-state index contributed by atoms with van der Waals surface area (Å²) in [4.78, 5) is 18.9. The normalized spacial score (nSPS) is 14.6. The molecule has 0 fully saturated rings. The number of hydrogen-bond acceptors (Lipinski definition) is 4. The molecule has 0 saturated carbocycles. The second-order valence-corrected chi connectivity index (χ2v) is 6.99. The molecule has 0 spiro atoms. The number of amides is 1. The van der Waals surface area contributed by atoms with Crippen LogP contribution in [0, 0.1) is 5.82 Å². The number of carbonyl (C=O) groups excluding carboxylic acids is 1. The highest BCUT2D eigenvalue weighted by Crippen LogP contribution is 2.29. The number of benzene rings is 2. The highest BCUT2D eigenvalue weighted by Gasteiger charge is 2.30. The third-order valence-corrected chi connectivity index (χ3v) is 4.99. The van der Waals surface area contributed by atoms with E-state index in [1.165, 1.54) is 18.2 Å². The maximum Gasteiger partial charge on any atom is 0.257 e. The first-order chi connectivity index (χ1) is 13.6. The quantitative estimate of drug-likeness (QED) is 0.651. The molecule has 7 heteroatoms. The van der Waals surface area contributed by atoms with E-state index in [1.807, 2.05) is 30.3 Å². The number of ether oxygens (including phenoxy) is 1. The molecule has 1 aliphatic rings. The Balaban J connectivity index is 1.58. The first-order valence-corrected chi connectivity index (χ1v) is 9.25. The van der Waals surface area contributed by atoms with Crippen LogP contribution < -0.4 is 0 Å². The Morgan fingerprint density at radius 3 is 2.82 bits per heavy atom. The van der Waals surface area contributed by atoms with Crippen LogP contribution in [-0.4, -0.2) is 29.4 Å². The van der Waals surface area contributed by atoms with Crippen LogP contribution in [0.25, 0.3) is 0 Å². The second-order valence-electron chi connectivity index (χ2n) is 6.55. The van der Waals surface area contributed by atoms with Gasteiger partial charge in [0, 0.05) is 25.1 Å². The molecule has 0 radical (unpaired) electrons. The second kappa shape index (κ2) is 7.73. The van der Waals surface area contributed by atoms with Crippen LogP contribution in [0.4, 0.5) is 4.39 Å². The third kappa shape index (κ3) is 3.53. The van der Waals surface area contributed by atoms with Crippen molar-refractivity contribution in [3.05, 3.63) is 87.8 Å². The van der Waals surface area contributed by atoms with Crippen LogP contribution in [0.1, 0.15) is 39.4 Å². The summed E-state index contributed by atoms with van der Waals surface area (Å²) in [6, 6.07) is 13.6. The van der Waals surface area contributed by atoms with Gasteiger partial charge in [-0.2, -0.15) is 0 Å². The number of fused-ring (bicyclic) bond motifs is 1. The molecule has 0 saturated heterocycles. The number of halogens is 2. The van der Waals surface area contributed by atoms with Gasteiger partial charge in [0.1, 0.15) is 17.3 Å². The Labute approximate surface area is 166 Å². The molecular weight excluding hydrogens is 383 g/mol. The largest absolute Gasteiger partial charge is 0.442 e. The van der Waals surface area contributed by atoms with Crippen LogP contribution in [0.2, 0.25) is 5.02 Å². The fourth-order valence-corrected chi connectivity index (χ4v) is 3.52. The molecule has 1 aromatic heterocycles. The van der Waals surface area contributed by atoms with E-state index in [0.717, 1.165) is 11.3 Å². The topological polar surface area (TPSA) is 55.6 Å². The lowest BCUT2D eigenvalue weighted by atomic mass is 10.1. The standard InChI is InChI=1S/C21H18ClFN2O3/c1-27-19(13-5-3-2-4-6-13)20-24-17-12-25(10-9-18(17)28-20)21(26)15-11-14(22)7-8-16(15)23/h2-8,11,19H,9-10,12H2,1H3. The van der Waals surface area contributed by atoms with Crippen LogP contribution in [0.5, 0.6) is 0 Å². The molecule has 2 aromatic carbocycles. The van der Waals surface area contributed by atoms with Gasteiger partial charge in [-0.15, -0.1) is 0 Å². The van der Waals surface area contributed by atoms with Gasteiger partial charge in [-0.3, -0.25) is 4.79 Å². The first kappa shape index (κ1) is 18.7. The fraction of sp³-hybridized carbons (Fsp3) is 0.238. The van der Waals surface area contributed by atoms with E-state index in [9.17, 15) is 9.18 Å². The molecule has 0 aliphatic carbocycles. The van der Waals surface area contributed by atoms with Crippen molar-refractivity contribution >= 4 is 17.5 Å². The third-order valence-electron chi connectivity index (χ3n) is 4.75. The van der Waals surface area contributed by atoms with Crippen molar-refractivity contribution in [3.8, 4) is 0 Å². The van der Waals surface area contributed by atoms with Crippen molar-refractivity contribution in [2.45, 2.75) is 19.1 Å². The number of methoxy groups -OCH3 is 1. The molecule has 1 unspecified atom stereocenters. The number of carbonyl (C=O) groups is 1. The van der Waals surface area contributed by atoms with Gasteiger partial charge in [0.25, 0.3) is 5.91 Å². The summed E-state index contributed by atoms with van der Waals surface area (Å²) in [5.41, 5.74) is 1.55. The van der Waals surface area contributed by atoms with E-state index in [4.69, 9.17) is 20.8 Å². The number of aromatic nitrogens is 1. The molecule has 1 amide bonds.